The van der Waals surface area contributed by atoms with Crippen LogP contribution in [0, 0.1) is 11.3 Å². The van der Waals surface area contributed by atoms with Crippen molar-refractivity contribution in [2.75, 3.05) is 39.4 Å². The summed E-state index contributed by atoms with van der Waals surface area (Å²) in [6, 6.07) is 9.98. The fourth-order valence-electron chi connectivity index (χ4n) is 2.26. The van der Waals surface area contributed by atoms with Crippen molar-refractivity contribution in [3.05, 3.63) is 35.4 Å². The molecule has 0 atom stereocenters. The van der Waals surface area contributed by atoms with Gasteiger partial charge in [-0.2, -0.15) is 5.26 Å². The van der Waals surface area contributed by atoms with E-state index in [1.165, 1.54) is 0 Å². The average molecular weight is 259 g/mol. The minimum absolute atomic E-state index is 0.767. The number of nitrogens with zero attached hydrogens (tertiary/aromatic N) is 2. The van der Waals surface area contributed by atoms with Crippen molar-refractivity contribution in [3.63, 3.8) is 0 Å². The van der Waals surface area contributed by atoms with Gasteiger partial charge in [-0.05, 0) is 31.1 Å². The molecule has 2 rings (SSSR count). The Balaban J connectivity index is 1.62. The largest absolute Gasteiger partial charge is 0.379 e. The molecule has 1 saturated heterocycles. The first-order chi connectivity index (χ1) is 9.40. The smallest absolute Gasteiger partial charge is 0.0995 e. The van der Waals surface area contributed by atoms with Crippen LogP contribution in [-0.4, -0.2) is 44.3 Å². The van der Waals surface area contributed by atoms with Crippen molar-refractivity contribution < 1.29 is 4.74 Å². The van der Waals surface area contributed by atoms with Crippen LogP contribution >= 0.6 is 0 Å². The lowest BCUT2D eigenvalue weighted by Crippen LogP contribution is -2.37. The third-order valence-electron chi connectivity index (χ3n) is 3.38. The van der Waals surface area contributed by atoms with E-state index in [1.807, 2.05) is 24.3 Å². The number of hydrogen-bond acceptors (Lipinski definition) is 4. The zero-order valence-electron chi connectivity index (χ0n) is 11.3. The lowest BCUT2D eigenvalue weighted by atomic mass is 10.1. The van der Waals surface area contributed by atoms with E-state index < -0.39 is 0 Å². The summed E-state index contributed by atoms with van der Waals surface area (Å²) in [5, 5.41) is 12.4. The van der Waals surface area contributed by atoms with Gasteiger partial charge < -0.3 is 10.1 Å². The van der Waals surface area contributed by atoms with Crippen LogP contribution in [0.4, 0.5) is 0 Å². The van der Waals surface area contributed by atoms with Crippen LogP contribution < -0.4 is 5.32 Å². The summed E-state index contributed by atoms with van der Waals surface area (Å²) in [6.07, 6.45) is 1.13. The van der Waals surface area contributed by atoms with E-state index in [1.54, 1.807) is 0 Å². The van der Waals surface area contributed by atoms with Gasteiger partial charge in [-0.3, -0.25) is 4.90 Å². The SMILES string of the molecule is N#Cc1ccccc1CNCCCN1CCOCC1. The van der Waals surface area contributed by atoms with Gasteiger partial charge >= 0.3 is 0 Å². The Morgan fingerprint density at radius 2 is 2.05 bits per heavy atom. The predicted octanol–water partition coefficient (Wildman–Crippen LogP) is 1.37. The highest BCUT2D eigenvalue weighted by molar-refractivity contribution is 5.37. The Bertz CT molecular complexity index is 422. The summed E-state index contributed by atoms with van der Waals surface area (Å²) in [4.78, 5) is 2.44. The number of hydrogen-bond donors (Lipinski definition) is 1. The molecule has 0 aromatic heterocycles. The van der Waals surface area contributed by atoms with Gasteiger partial charge in [-0.25, -0.2) is 0 Å². The molecule has 1 aromatic carbocycles. The van der Waals surface area contributed by atoms with Crippen molar-refractivity contribution in [1.82, 2.24) is 10.2 Å². The number of benzene rings is 1. The maximum Gasteiger partial charge on any atom is 0.0995 e. The first kappa shape index (κ1) is 14.0. The highest BCUT2D eigenvalue weighted by atomic mass is 16.5. The van der Waals surface area contributed by atoms with E-state index in [0.717, 1.165) is 63.5 Å². The molecule has 4 heteroatoms. The Kier molecular flexibility index (Phi) is 5.83. The van der Waals surface area contributed by atoms with Gasteiger partial charge in [0.15, 0.2) is 0 Å². The van der Waals surface area contributed by atoms with E-state index in [9.17, 15) is 0 Å². The molecule has 0 unspecified atom stereocenters. The van der Waals surface area contributed by atoms with E-state index >= 15 is 0 Å². The molecule has 1 N–H and O–H groups in total. The van der Waals surface area contributed by atoms with E-state index in [2.05, 4.69) is 16.3 Å². The van der Waals surface area contributed by atoms with Crippen molar-refractivity contribution in [3.8, 4) is 6.07 Å². The monoisotopic (exact) mass is 259 g/mol. The van der Waals surface area contributed by atoms with Crippen LogP contribution in [-0.2, 0) is 11.3 Å². The molecule has 0 bridgehead atoms. The molecule has 1 heterocycles. The second-order valence-electron chi connectivity index (χ2n) is 4.75. The average Bonchev–Trinajstić information content (AvgIpc) is 2.48. The maximum absolute atomic E-state index is 9.00. The highest BCUT2D eigenvalue weighted by Crippen LogP contribution is 2.06. The third-order valence-corrected chi connectivity index (χ3v) is 3.38. The standard InChI is InChI=1S/C15H21N3O/c16-12-14-4-1-2-5-15(14)13-17-6-3-7-18-8-10-19-11-9-18/h1-2,4-5,17H,3,6-11,13H2. The highest BCUT2D eigenvalue weighted by Gasteiger charge is 2.08. The zero-order chi connectivity index (χ0) is 13.3. The lowest BCUT2D eigenvalue weighted by Gasteiger charge is -2.26. The van der Waals surface area contributed by atoms with Gasteiger partial charge in [0.25, 0.3) is 0 Å². The Morgan fingerprint density at radius 1 is 1.26 bits per heavy atom. The van der Waals surface area contributed by atoms with Crippen molar-refractivity contribution in [2.45, 2.75) is 13.0 Å². The minimum Gasteiger partial charge on any atom is -0.379 e. The van der Waals surface area contributed by atoms with Gasteiger partial charge in [0.2, 0.25) is 0 Å². The molecule has 1 aromatic rings. The van der Waals surface area contributed by atoms with E-state index in [0.29, 0.717) is 0 Å². The van der Waals surface area contributed by atoms with Crippen LogP contribution in [0.2, 0.25) is 0 Å². The van der Waals surface area contributed by atoms with Crippen molar-refractivity contribution in [2.24, 2.45) is 0 Å². The van der Waals surface area contributed by atoms with E-state index in [-0.39, 0.29) is 0 Å². The molecule has 0 radical (unpaired) electrons. The van der Waals surface area contributed by atoms with Gasteiger partial charge in [-0.1, -0.05) is 18.2 Å². The van der Waals surface area contributed by atoms with Crippen molar-refractivity contribution in [1.29, 1.82) is 5.26 Å². The van der Waals surface area contributed by atoms with Crippen LogP contribution in [0.1, 0.15) is 17.5 Å². The molecular formula is C15H21N3O. The topological polar surface area (TPSA) is 48.3 Å². The molecule has 0 aliphatic carbocycles. The third kappa shape index (κ3) is 4.64. The Hall–Kier alpha value is -1.41. The lowest BCUT2D eigenvalue weighted by molar-refractivity contribution is 0.0374. The number of nitriles is 1. The fraction of sp³-hybridized carbons (Fsp3) is 0.533. The quantitative estimate of drug-likeness (QED) is 0.784. The van der Waals surface area contributed by atoms with E-state index in [4.69, 9.17) is 10.00 Å². The summed E-state index contributed by atoms with van der Waals surface area (Å²) in [6.45, 7) is 6.71. The van der Waals surface area contributed by atoms with Crippen LogP contribution in [0.15, 0.2) is 24.3 Å². The van der Waals surface area contributed by atoms with Crippen LogP contribution in [0.3, 0.4) is 0 Å². The molecule has 19 heavy (non-hydrogen) atoms. The molecule has 1 fully saturated rings. The first-order valence-corrected chi connectivity index (χ1v) is 6.89. The summed E-state index contributed by atoms with van der Waals surface area (Å²) in [5.74, 6) is 0. The van der Waals surface area contributed by atoms with Gasteiger partial charge in [0.05, 0.1) is 24.8 Å². The Morgan fingerprint density at radius 3 is 2.84 bits per heavy atom. The second-order valence-corrected chi connectivity index (χ2v) is 4.75. The summed E-state index contributed by atoms with van der Waals surface area (Å²) < 4.78 is 5.32. The first-order valence-electron chi connectivity index (χ1n) is 6.89. The number of morpholine rings is 1. The molecule has 4 nitrogen and oxygen atoms in total. The molecule has 0 saturated carbocycles. The number of nitrogens with one attached hydrogen (secondary N) is 1. The fourth-order valence-corrected chi connectivity index (χ4v) is 2.26. The van der Waals surface area contributed by atoms with Crippen molar-refractivity contribution >= 4 is 0 Å². The molecule has 1 aliphatic heterocycles. The summed E-state index contributed by atoms with van der Waals surface area (Å²) in [7, 11) is 0. The Labute approximate surface area is 115 Å². The molecular weight excluding hydrogens is 238 g/mol. The van der Waals surface area contributed by atoms with Gasteiger partial charge in [0, 0.05) is 19.6 Å². The predicted molar refractivity (Wildman–Crippen MR) is 74.7 cm³/mol. The van der Waals surface area contributed by atoms with Gasteiger partial charge in [-0.15, -0.1) is 0 Å². The van der Waals surface area contributed by atoms with Crippen LogP contribution in [0.25, 0.3) is 0 Å². The van der Waals surface area contributed by atoms with Crippen LogP contribution in [0.5, 0.6) is 0 Å². The second kappa shape index (κ2) is 7.90. The maximum atomic E-state index is 9.00. The normalized spacial score (nSPS) is 16.2. The molecule has 1 aliphatic rings. The zero-order valence-corrected chi connectivity index (χ0v) is 11.3. The number of rotatable bonds is 6. The van der Waals surface area contributed by atoms with Gasteiger partial charge in [0.1, 0.15) is 0 Å². The minimum atomic E-state index is 0.767. The summed E-state index contributed by atoms with van der Waals surface area (Å²) in [5.41, 5.74) is 1.85. The molecule has 102 valence electrons. The number of ether oxygens (including phenoxy) is 1. The molecule has 0 spiro atoms. The summed E-state index contributed by atoms with van der Waals surface area (Å²) >= 11 is 0. The molecule has 0 amide bonds.